The molecule has 1 N–H and O–H groups in total. The van der Waals surface area contributed by atoms with Crippen LogP contribution in [0.2, 0.25) is 0 Å². The van der Waals surface area contributed by atoms with Crippen LogP contribution in [0.4, 0.5) is 0 Å². The molecule has 1 heterocycles. The number of amides is 1. The van der Waals surface area contributed by atoms with Crippen molar-refractivity contribution in [3.63, 3.8) is 0 Å². The summed E-state index contributed by atoms with van der Waals surface area (Å²) < 4.78 is 10.8. The molecule has 0 spiro atoms. The first kappa shape index (κ1) is 20.4. The van der Waals surface area contributed by atoms with E-state index in [9.17, 15) is 4.79 Å². The van der Waals surface area contributed by atoms with E-state index in [4.69, 9.17) is 9.47 Å². The Balaban J connectivity index is 1.76. The van der Waals surface area contributed by atoms with E-state index in [2.05, 4.69) is 16.3 Å². The fraction of sp³-hybridized carbons (Fsp3) is 0.435. The number of ether oxygens (including phenoxy) is 2. The quantitative estimate of drug-likeness (QED) is 0.755. The Kier molecular flexibility index (Phi) is 7.46. The van der Waals surface area contributed by atoms with Crippen LogP contribution in [-0.2, 0) is 11.3 Å². The van der Waals surface area contributed by atoms with Crippen LogP contribution in [-0.4, -0.2) is 44.7 Å². The van der Waals surface area contributed by atoms with Crippen LogP contribution in [0.5, 0.6) is 5.75 Å². The van der Waals surface area contributed by atoms with Crippen molar-refractivity contribution >= 4 is 5.91 Å². The number of nitrogens with one attached hydrogen (secondary N) is 1. The molecule has 0 radical (unpaired) electrons. The molecule has 5 nitrogen and oxygen atoms in total. The van der Waals surface area contributed by atoms with Crippen LogP contribution < -0.4 is 10.1 Å². The molecular formula is C23H30N2O3. The summed E-state index contributed by atoms with van der Waals surface area (Å²) in [6.07, 6.45) is 3.66. The Bertz CT molecular complexity index is 772. The minimum absolute atomic E-state index is 0.0603. The minimum atomic E-state index is -0.0603. The van der Waals surface area contributed by atoms with E-state index < -0.39 is 0 Å². The smallest absolute Gasteiger partial charge is 0.251 e. The standard InChI is InChI=1S/C23H30N2O3/c1-27-17-18-9-8-10-19(15-18)23(26)24-16-21(25-13-6-3-7-14-25)20-11-4-5-12-22(20)28-2/h4-5,8-12,15,21H,3,6-7,13-14,16-17H2,1-2H3,(H,24,26)/t21-/m0/s1. The Labute approximate surface area is 167 Å². The van der Waals surface area contributed by atoms with Crippen molar-refractivity contribution in [2.45, 2.75) is 31.9 Å². The summed E-state index contributed by atoms with van der Waals surface area (Å²) in [5, 5.41) is 3.14. The molecule has 1 amide bonds. The summed E-state index contributed by atoms with van der Waals surface area (Å²) in [7, 11) is 3.36. The Morgan fingerprint density at radius 2 is 1.86 bits per heavy atom. The van der Waals surface area contributed by atoms with Gasteiger partial charge in [-0.15, -0.1) is 0 Å². The number of benzene rings is 2. The molecule has 150 valence electrons. The highest BCUT2D eigenvalue weighted by Crippen LogP contribution is 2.31. The first-order valence-corrected chi connectivity index (χ1v) is 9.96. The average Bonchev–Trinajstić information content (AvgIpc) is 2.75. The van der Waals surface area contributed by atoms with Crippen LogP contribution in [0, 0.1) is 0 Å². The second-order valence-electron chi connectivity index (χ2n) is 7.20. The number of carbonyl (C=O) groups excluding carboxylic acids is 1. The van der Waals surface area contributed by atoms with E-state index in [-0.39, 0.29) is 11.9 Å². The summed E-state index contributed by atoms with van der Waals surface area (Å²) in [4.78, 5) is 15.2. The summed E-state index contributed by atoms with van der Waals surface area (Å²) in [5.41, 5.74) is 2.78. The number of methoxy groups -OCH3 is 2. The minimum Gasteiger partial charge on any atom is -0.496 e. The van der Waals surface area contributed by atoms with Gasteiger partial charge in [-0.1, -0.05) is 36.8 Å². The maximum absolute atomic E-state index is 12.8. The average molecular weight is 383 g/mol. The molecule has 2 aromatic carbocycles. The number of nitrogens with zero attached hydrogens (tertiary/aromatic N) is 1. The lowest BCUT2D eigenvalue weighted by atomic mass is 10.0. The van der Waals surface area contributed by atoms with Crippen molar-refractivity contribution in [1.29, 1.82) is 0 Å². The number of carbonyl (C=O) groups is 1. The zero-order valence-electron chi connectivity index (χ0n) is 16.8. The molecule has 28 heavy (non-hydrogen) atoms. The molecule has 0 aliphatic carbocycles. The topological polar surface area (TPSA) is 50.8 Å². The number of piperidine rings is 1. The van der Waals surface area contributed by atoms with Crippen molar-refractivity contribution in [1.82, 2.24) is 10.2 Å². The first-order valence-electron chi connectivity index (χ1n) is 9.96. The van der Waals surface area contributed by atoms with E-state index in [1.165, 1.54) is 19.3 Å². The monoisotopic (exact) mass is 382 g/mol. The fourth-order valence-corrected chi connectivity index (χ4v) is 3.87. The van der Waals surface area contributed by atoms with Crippen LogP contribution in [0.1, 0.15) is 46.8 Å². The zero-order valence-corrected chi connectivity index (χ0v) is 16.8. The third-order valence-electron chi connectivity index (χ3n) is 5.29. The normalized spacial score (nSPS) is 15.8. The molecule has 1 atom stereocenters. The van der Waals surface area contributed by atoms with Gasteiger partial charge in [-0.2, -0.15) is 0 Å². The highest BCUT2D eigenvalue weighted by molar-refractivity contribution is 5.94. The van der Waals surface area contributed by atoms with Gasteiger partial charge in [-0.3, -0.25) is 9.69 Å². The van der Waals surface area contributed by atoms with E-state index in [0.717, 1.165) is 30.0 Å². The molecule has 2 aromatic rings. The molecule has 3 rings (SSSR count). The molecule has 0 unspecified atom stereocenters. The van der Waals surface area contributed by atoms with Crippen molar-refractivity contribution in [2.75, 3.05) is 33.9 Å². The highest BCUT2D eigenvalue weighted by atomic mass is 16.5. The third-order valence-corrected chi connectivity index (χ3v) is 5.29. The SMILES string of the molecule is COCc1cccc(C(=O)NC[C@@H](c2ccccc2OC)N2CCCCC2)c1. The lowest BCUT2D eigenvalue weighted by Crippen LogP contribution is -2.40. The summed E-state index contributed by atoms with van der Waals surface area (Å²) in [5.74, 6) is 0.810. The van der Waals surface area contributed by atoms with Gasteiger partial charge >= 0.3 is 0 Å². The summed E-state index contributed by atoms with van der Waals surface area (Å²) >= 11 is 0. The van der Waals surface area contributed by atoms with Gasteiger partial charge in [0.25, 0.3) is 5.91 Å². The predicted octanol–water partition coefficient (Wildman–Crippen LogP) is 3.80. The van der Waals surface area contributed by atoms with Gasteiger partial charge in [-0.25, -0.2) is 0 Å². The molecular weight excluding hydrogens is 352 g/mol. The molecule has 1 fully saturated rings. The zero-order chi connectivity index (χ0) is 19.8. The largest absolute Gasteiger partial charge is 0.496 e. The first-order chi connectivity index (χ1) is 13.7. The van der Waals surface area contributed by atoms with E-state index in [1.54, 1.807) is 14.2 Å². The van der Waals surface area contributed by atoms with Crippen LogP contribution in [0.15, 0.2) is 48.5 Å². The maximum atomic E-state index is 12.8. The Morgan fingerprint density at radius 3 is 2.61 bits per heavy atom. The van der Waals surface area contributed by atoms with Crippen LogP contribution in [0.25, 0.3) is 0 Å². The van der Waals surface area contributed by atoms with E-state index in [1.807, 2.05) is 42.5 Å². The summed E-state index contributed by atoms with van der Waals surface area (Å²) in [6.45, 7) is 3.14. The second-order valence-corrected chi connectivity index (χ2v) is 7.20. The van der Waals surface area contributed by atoms with Gasteiger partial charge in [-0.05, 0) is 49.7 Å². The number of hydrogen-bond donors (Lipinski definition) is 1. The molecule has 0 aromatic heterocycles. The maximum Gasteiger partial charge on any atom is 0.251 e. The number of rotatable bonds is 8. The van der Waals surface area contributed by atoms with Gasteiger partial charge in [0.2, 0.25) is 0 Å². The van der Waals surface area contributed by atoms with Gasteiger partial charge < -0.3 is 14.8 Å². The van der Waals surface area contributed by atoms with E-state index >= 15 is 0 Å². The van der Waals surface area contributed by atoms with Gasteiger partial charge in [0.15, 0.2) is 0 Å². The molecule has 1 aliphatic heterocycles. The molecule has 1 saturated heterocycles. The molecule has 5 heteroatoms. The Morgan fingerprint density at radius 1 is 1.07 bits per heavy atom. The third kappa shape index (κ3) is 5.12. The lowest BCUT2D eigenvalue weighted by Gasteiger charge is -2.35. The molecule has 1 aliphatic rings. The van der Waals surface area contributed by atoms with Gasteiger partial charge in [0.05, 0.1) is 19.8 Å². The van der Waals surface area contributed by atoms with Crippen molar-refractivity contribution in [3.05, 3.63) is 65.2 Å². The number of likely N-dealkylation sites (tertiary alicyclic amines) is 1. The van der Waals surface area contributed by atoms with Crippen LogP contribution >= 0.6 is 0 Å². The van der Waals surface area contributed by atoms with Crippen molar-refractivity contribution in [3.8, 4) is 5.75 Å². The summed E-state index contributed by atoms with van der Waals surface area (Å²) in [6, 6.07) is 15.8. The van der Waals surface area contributed by atoms with Crippen molar-refractivity contribution < 1.29 is 14.3 Å². The van der Waals surface area contributed by atoms with Crippen LogP contribution in [0.3, 0.4) is 0 Å². The lowest BCUT2D eigenvalue weighted by molar-refractivity contribution is 0.0923. The number of hydrogen-bond acceptors (Lipinski definition) is 4. The fourth-order valence-electron chi connectivity index (χ4n) is 3.87. The van der Waals surface area contributed by atoms with Gasteiger partial charge in [0.1, 0.15) is 5.75 Å². The Hall–Kier alpha value is -2.37. The second kappa shape index (κ2) is 10.2. The highest BCUT2D eigenvalue weighted by Gasteiger charge is 2.25. The molecule has 0 saturated carbocycles. The predicted molar refractivity (Wildman–Crippen MR) is 111 cm³/mol. The van der Waals surface area contributed by atoms with Crippen molar-refractivity contribution in [2.24, 2.45) is 0 Å². The van der Waals surface area contributed by atoms with Gasteiger partial charge in [0, 0.05) is 24.8 Å². The van der Waals surface area contributed by atoms with E-state index in [0.29, 0.717) is 18.7 Å². The molecule has 0 bridgehead atoms. The number of para-hydroxylation sites is 1.